The Morgan fingerprint density at radius 3 is 2.50 bits per heavy atom. The van der Waals surface area contributed by atoms with Gasteiger partial charge in [0.05, 0.1) is 21.1 Å². The minimum Gasteiger partial charge on any atom is -0.338 e. The van der Waals surface area contributed by atoms with Crippen LogP contribution in [0, 0.1) is 5.92 Å². The first-order valence-electron chi connectivity index (χ1n) is 9.33. The van der Waals surface area contributed by atoms with Gasteiger partial charge >= 0.3 is 0 Å². The fraction of sp³-hybridized carbons (Fsp3) is 0.400. The molecule has 2 atom stereocenters. The van der Waals surface area contributed by atoms with Crippen molar-refractivity contribution in [2.45, 2.75) is 32.2 Å². The van der Waals surface area contributed by atoms with Crippen LogP contribution in [-0.4, -0.2) is 29.6 Å². The molecule has 3 heterocycles. The Labute approximate surface area is 183 Å². The van der Waals surface area contributed by atoms with Crippen LogP contribution in [0.4, 0.5) is 5.69 Å². The summed E-state index contributed by atoms with van der Waals surface area (Å²) in [5.41, 5.74) is 1.30. The lowest BCUT2D eigenvalue weighted by molar-refractivity contribution is -0.125. The fourth-order valence-electron chi connectivity index (χ4n) is 3.85. The van der Waals surface area contributed by atoms with E-state index in [1.807, 2.05) is 35.0 Å². The molecule has 2 aromatic rings. The fourth-order valence-corrected chi connectivity index (χ4v) is 5.60. The van der Waals surface area contributed by atoms with E-state index in [0.717, 1.165) is 36.5 Å². The van der Waals surface area contributed by atoms with Crippen molar-refractivity contribution in [2.75, 3.05) is 18.1 Å². The summed E-state index contributed by atoms with van der Waals surface area (Å²) in [6.07, 6.45) is 3.27. The van der Waals surface area contributed by atoms with Gasteiger partial charge in [-0.05, 0) is 49.6 Å². The van der Waals surface area contributed by atoms with Crippen LogP contribution in [0.3, 0.4) is 0 Å². The normalized spacial score (nSPS) is 22.5. The van der Waals surface area contributed by atoms with E-state index in [2.05, 4.69) is 0 Å². The molecule has 8 heteroatoms. The second-order valence-corrected chi connectivity index (χ2v) is 9.74. The molecule has 0 saturated carbocycles. The molecule has 1 amide bonds. The predicted octanol–water partition coefficient (Wildman–Crippen LogP) is 6.27. The van der Waals surface area contributed by atoms with Crippen LogP contribution in [0.1, 0.15) is 37.1 Å². The van der Waals surface area contributed by atoms with Crippen molar-refractivity contribution in [3.8, 4) is 0 Å². The predicted molar refractivity (Wildman–Crippen MR) is 118 cm³/mol. The first-order valence-corrected chi connectivity index (χ1v) is 11.3. The van der Waals surface area contributed by atoms with Crippen molar-refractivity contribution in [2.24, 2.45) is 11.0 Å². The average molecular weight is 457 g/mol. The molecule has 0 aliphatic carbocycles. The lowest BCUT2D eigenvalue weighted by Gasteiger charge is -2.28. The third-order valence-electron chi connectivity index (χ3n) is 5.29. The van der Waals surface area contributed by atoms with E-state index in [4.69, 9.17) is 39.9 Å². The molecule has 28 heavy (non-hydrogen) atoms. The number of hydrogen-bond donors (Lipinski definition) is 0. The lowest BCUT2D eigenvalue weighted by Crippen LogP contribution is -2.41. The molecule has 2 aliphatic heterocycles. The number of halogens is 3. The molecule has 0 unspecified atom stereocenters. The number of nitrogens with zero attached hydrogens (tertiary/aromatic N) is 3. The number of hydrogen-bond acceptors (Lipinski definition) is 4. The van der Waals surface area contributed by atoms with Crippen molar-refractivity contribution in [1.29, 1.82) is 0 Å². The van der Waals surface area contributed by atoms with Crippen LogP contribution in [0.15, 0.2) is 35.4 Å². The third-order valence-corrected chi connectivity index (χ3v) is 7.13. The van der Waals surface area contributed by atoms with E-state index in [0.29, 0.717) is 20.1 Å². The largest absolute Gasteiger partial charge is 0.338 e. The van der Waals surface area contributed by atoms with Gasteiger partial charge in [-0.2, -0.15) is 5.10 Å². The van der Waals surface area contributed by atoms with Crippen molar-refractivity contribution in [1.82, 2.24) is 4.90 Å². The molecule has 1 saturated heterocycles. The van der Waals surface area contributed by atoms with E-state index >= 15 is 0 Å². The number of benzene rings is 1. The molecule has 4 nitrogen and oxygen atoms in total. The van der Waals surface area contributed by atoms with Gasteiger partial charge in [0.15, 0.2) is 0 Å². The van der Waals surface area contributed by atoms with Crippen LogP contribution < -0.4 is 5.01 Å². The number of thiophene rings is 1. The number of carbonyl (C=O) groups is 1. The molecular formula is C20H20Cl3N3OS. The Bertz CT molecular complexity index is 923. The number of likely N-dealkylation sites (tertiary alicyclic amines) is 1. The first-order chi connectivity index (χ1) is 13.5. The zero-order chi connectivity index (χ0) is 19.8. The maximum atomic E-state index is 13.2. The van der Waals surface area contributed by atoms with Crippen molar-refractivity contribution < 1.29 is 4.79 Å². The number of piperidine rings is 1. The van der Waals surface area contributed by atoms with Gasteiger partial charge in [0.2, 0.25) is 0 Å². The number of anilines is 1. The summed E-state index contributed by atoms with van der Waals surface area (Å²) in [6, 6.07) is 9.06. The second-order valence-electron chi connectivity index (χ2n) is 7.15. The average Bonchev–Trinajstić information content (AvgIpc) is 3.25. The van der Waals surface area contributed by atoms with E-state index in [1.165, 1.54) is 17.8 Å². The molecule has 4 rings (SSSR count). The summed E-state index contributed by atoms with van der Waals surface area (Å²) in [4.78, 5) is 16.2. The van der Waals surface area contributed by atoms with Gasteiger partial charge in [-0.25, -0.2) is 0 Å². The maximum Gasteiger partial charge on any atom is 0.270 e. The van der Waals surface area contributed by atoms with Crippen LogP contribution >= 0.6 is 46.1 Å². The van der Waals surface area contributed by atoms with E-state index < -0.39 is 0 Å². The summed E-state index contributed by atoms with van der Waals surface area (Å²) in [6.45, 7) is 3.63. The molecule has 0 bridgehead atoms. The van der Waals surface area contributed by atoms with E-state index in [1.54, 1.807) is 12.1 Å². The highest BCUT2D eigenvalue weighted by Gasteiger charge is 2.42. The Kier molecular flexibility index (Phi) is 5.88. The minimum absolute atomic E-state index is 0.0208. The molecule has 1 fully saturated rings. The highest BCUT2D eigenvalue weighted by atomic mass is 35.5. The quantitative estimate of drug-likeness (QED) is 0.545. The zero-order valence-electron chi connectivity index (χ0n) is 15.4. The van der Waals surface area contributed by atoms with Gasteiger partial charge in [0, 0.05) is 28.9 Å². The number of amides is 1. The molecular weight excluding hydrogens is 437 g/mol. The topological polar surface area (TPSA) is 35.9 Å². The number of hydrazone groups is 1. The van der Waals surface area contributed by atoms with E-state index in [-0.39, 0.29) is 17.9 Å². The molecule has 0 spiro atoms. The smallest absolute Gasteiger partial charge is 0.270 e. The van der Waals surface area contributed by atoms with Crippen LogP contribution in [0.2, 0.25) is 14.4 Å². The van der Waals surface area contributed by atoms with Crippen LogP contribution in [-0.2, 0) is 4.79 Å². The molecule has 0 radical (unpaired) electrons. The highest BCUT2D eigenvalue weighted by Crippen LogP contribution is 2.45. The molecule has 2 aliphatic rings. The van der Waals surface area contributed by atoms with Gasteiger partial charge in [0.25, 0.3) is 5.91 Å². The van der Waals surface area contributed by atoms with Gasteiger partial charge in [-0.15, -0.1) is 11.3 Å². The third kappa shape index (κ3) is 3.78. The number of rotatable bonds is 3. The van der Waals surface area contributed by atoms with Crippen molar-refractivity contribution in [3.63, 3.8) is 0 Å². The minimum atomic E-state index is -0.139. The summed E-state index contributed by atoms with van der Waals surface area (Å²) in [5.74, 6) is -0.0664. The molecule has 1 aromatic heterocycles. The zero-order valence-corrected chi connectivity index (χ0v) is 18.5. The summed E-state index contributed by atoms with van der Waals surface area (Å²) < 4.78 is 0.708. The second kappa shape index (κ2) is 8.23. The van der Waals surface area contributed by atoms with Crippen molar-refractivity contribution in [3.05, 3.63) is 49.6 Å². The van der Waals surface area contributed by atoms with Crippen LogP contribution in [0.25, 0.3) is 0 Å². The number of carbonyl (C=O) groups excluding carboxylic acids is 1. The highest BCUT2D eigenvalue weighted by molar-refractivity contribution is 7.16. The summed E-state index contributed by atoms with van der Waals surface area (Å²) in [5, 5.41) is 7.68. The van der Waals surface area contributed by atoms with E-state index in [9.17, 15) is 4.79 Å². The van der Waals surface area contributed by atoms with Gasteiger partial charge < -0.3 is 4.90 Å². The lowest BCUT2D eigenvalue weighted by atomic mass is 9.94. The standard InChI is InChI=1S/C20H20Cl3N3OS/c1-12-18(20(27)25-9-3-2-4-10-25)24-26(15-6-5-13(21)11-14(15)22)19(12)16-7-8-17(23)28-16/h5-8,11-12,19H,2-4,9-10H2,1H3/t12-,19-/m0/s1. The summed E-state index contributed by atoms with van der Waals surface area (Å²) >= 11 is 20.3. The summed E-state index contributed by atoms with van der Waals surface area (Å²) in [7, 11) is 0. The Balaban J connectivity index is 1.74. The molecule has 1 aromatic carbocycles. The Morgan fingerprint density at radius 1 is 1.11 bits per heavy atom. The Morgan fingerprint density at radius 2 is 1.86 bits per heavy atom. The molecule has 148 valence electrons. The van der Waals surface area contributed by atoms with Gasteiger partial charge in [-0.1, -0.05) is 41.7 Å². The van der Waals surface area contributed by atoms with Gasteiger partial charge in [0.1, 0.15) is 5.71 Å². The maximum absolute atomic E-state index is 13.2. The monoisotopic (exact) mass is 455 g/mol. The Hall–Kier alpha value is -1.27. The molecule has 0 N–H and O–H groups in total. The van der Waals surface area contributed by atoms with Gasteiger partial charge in [-0.3, -0.25) is 9.80 Å². The first kappa shape index (κ1) is 20.0. The van der Waals surface area contributed by atoms with Crippen molar-refractivity contribution >= 4 is 63.4 Å². The van der Waals surface area contributed by atoms with Crippen LogP contribution in [0.5, 0.6) is 0 Å². The SMILES string of the molecule is C[C@H]1C(C(=O)N2CCCCC2)=NN(c2ccc(Cl)cc2Cl)[C@@H]1c1ccc(Cl)s1.